The summed E-state index contributed by atoms with van der Waals surface area (Å²) in [6.07, 6.45) is 0.559. The zero-order chi connectivity index (χ0) is 16.2. The number of sulfonamides is 1. The van der Waals surface area contributed by atoms with E-state index in [4.69, 9.17) is 4.74 Å². The Labute approximate surface area is 130 Å². The van der Waals surface area contributed by atoms with E-state index in [0.29, 0.717) is 12.0 Å². The van der Waals surface area contributed by atoms with Crippen molar-refractivity contribution in [2.24, 2.45) is 0 Å². The lowest BCUT2D eigenvalue weighted by atomic mass is 10.1. The maximum atomic E-state index is 13.2. The first kappa shape index (κ1) is 16.5. The molecule has 1 N–H and O–H groups in total. The summed E-state index contributed by atoms with van der Waals surface area (Å²) in [6, 6.07) is 11.2. The van der Waals surface area contributed by atoms with Gasteiger partial charge in [0.15, 0.2) is 0 Å². The molecule has 6 heteroatoms. The summed E-state index contributed by atoms with van der Waals surface area (Å²) in [5.41, 5.74) is 1.30. The van der Waals surface area contributed by atoms with E-state index in [1.807, 2.05) is 24.3 Å². The molecule has 0 aliphatic rings. The molecule has 0 aliphatic heterocycles. The molecule has 0 radical (unpaired) electrons. The van der Waals surface area contributed by atoms with Gasteiger partial charge in [-0.3, -0.25) is 0 Å². The van der Waals surface area contributed by atoms with Gasteiger partial charge in [-0.05, 0) is 54.8 Å². The first-order valence-electron chi connectivity index (χ1n) is 6.81. The van der Waals surface area contributed by atoms with Gasteiger partial charge >= 0.3 is 0 Å². The Bertz CT molecular complexity index is 742. The van der Waals surface area contributed by atoms with Crippen molar-refractivity contribution >= 4 is 10.0 Å². The van der Waals surface area contributed by atoms with E-state index in [0.717, 1.165) is 17.4 Å². The number of benzene rings is 2. The molecule has 0 atom stereocenters. The second kappa shape index (κ2) is 6.89. The number of hydrogen-bond acceptors (Lipinski definition) is 3. The second-order valence-electron chi connectivity index (χ2n) is 4.91. The van der Waals surface area contributed by atoms with Gasteiger partial charge in [-0.2, -0.15) is 0 Å². The lowest BCUT2D eigenvalue weighted by Gasteiger charge is -2.08. The number of aryl methyl sites for hydroxylation is 1. The Balaban J connectivity index is 1.98. The van der Waals surface area contributed by atoms with Crippen LogP contribution in [-0.4, -0.2) is 22.1 Å². The normalized spacial score (nSPS) is 11.4. The highest BCUT2D eigenvalue weighted by molar-refractivity contribution is 7.89. The topological polar surface area (TPSA) is 55.4 Å². The third-order valence-corrected chi connectivity index (χ3v) is 4.76. The van der Waals surface area contributed by atoms with Crippen LogP contribution in [0.2, 0.25) is 0 Å². The zero-order valence-electron chi connectivity index (χ0n) is 12.5. The molecule has 0 saturated heterocycles. The Morgan fingerprint density at radius 1 is 1.14 bits per heavy atom. The highest BCUT2D eigenvalue weighted by Gasteiger charge is 2.14. The number of methoxy groups -OCH3 is 1. The van der Waals surface area contributed by atoms with Crippen LogP contribution in [-0.2, 0) is 16.4 Å². The fraction of sp³-hybridized carbons (Fsp3) is 0.250. The maximum Gasteiger partial charge on any atom is 0.240 e. The summed E-state index contributed by atoms with van der Waals surface area (Å²) in [5, 5.41) is 0. The third kappa shape index (κ3) is 4.05. The zero-order valence-corrected chi connectivity index (χ0v) is 13.3. The molecular formula is C16H18FNO3S. The van der Waals surface area contributed by atoms with Crippen molar-refractivity contribution in [1.82, 2.24) is 4.72 Å². The molecule has 2 aromatic rings. The molecule has 0 amide bonds. The summed E-state index contributed by atoms with van der Waals surface area (Å²) in [5.74, 6) is 0.336. The largest absolute Gasteiger partial charge is 0.497 e. The standard InChI is InChI=1S/C16H18FNO3S/c1-12-11-15(7-8-16(12)17)22(19,20)18-10-9-13-3-5-14(21-2)6-4-13/h3-8,11,18H,9-10H2,1-2H3. The van der Waals surface area contributed by atoms with Crippen molar-refractivity contribution < 1.29 is 17.5 Å². The van der Waals surface area contributed by atoms with Crippen molar-refractivity contribution in [3.63, 3.8) is 0 Å². The van der Waals surface area contributed by atoms with Gasteiger partial charge in [0.05, 0.1) is 12.0 Å². The second-order valence-corrected chi connectivity index (χ2v) is 6.67. The summed E-state index contributed by atoms with van der Waals surface area (Å²) in [7, 11) is -2.03. The first-order valence-corrected chi connectivity index (χ1v) is 8.29. The van der Waals surface area contributed by atoms with E-state index in [1.165, 1.54) is 19.1 Å². The van der Waals surface area contributed by atoms with Gasteiger partial charge in [0.1, 0.15) is 11.6 Å². The van der Waals surface area contributed by atoms with Crippen molar-refractivity contribution in [3.8, 4) is 5.75 Å². The van der Waals surface area contributed by atoms with Crippen LogP contribution in [0.5, 0.6) is 5.75 Å². The highest BCUT2D eigenvalue weighted by Crippen LogP contribution is 2.15. The van der Waals surface area contributed by atoms with E-state index in [2.05, 4.69) is 4.72 Å². The molecule has 2 rings (SSSR count). The molecule has 0 heterocycles. The third-order valence-electron chi connectivity index (χ3n) is 3.30. The van der Waals surface area contributed by atoms with Gasteiger partial charge in [-0.25, -0.2) is 17.5 Å². The monoisotopic (exact) mass is 323 g/mol. The maximum absolute atomic E-state index is 13.2. The van der Waals surface area contributed by atoms with Gasteiger partial charge in [-0.15, -0.1) is 0 Å². The van der Waals surface area contributed by atoms with Crippen molar-refractivity contribution in [1.29, 1.82) is 0 Å². The van der Waals surface area contributed by atoms with Gasteiger partial charge in [-0.1, -0.05) is 12.1 Å². The molecule has 4 nitrogen and oxygen atoms in total. The van der Waals surface area contributed by atoms with Crippen LogP contribution in [0.25, 0.3) is 0 Å². The minimum Gasteiger partial charge on any atom is -0.497 e. The molecule has 0 unspecified atom stereocenters. The van der Waals surface area contributed by atoms with Gasteiger partial charge < -0.3 is 4.74 Å². The van der Waals surface area contributed by atoms with Gasteiger partial charge in [0.25, 0.3) is 0 Å². The molecule has 0 spiro atoms. The molecule has 2 aromatic carbocycles. The van der Waals surface area contributed by atoms with Crippen molar-refractivity contribution in [2.75, 3.05) is 13.7 Å². The van der Waals surface area contributed by atoms with Gasteiger partial charge in [0.2, 0.25) is 10.0 Å². The number of nitrogens with one attached hydrogen (secondary N) is 1. The summed E-state index contributed by atoms with van der Waals surface area (Å²) < 4.78 is 45.0. The van der Waals surface area contributed by atoms with E-state index in [-0.39, 0.29) is 11.4 Å². The molecule has 0 saturated carbocycles. The van der Waals surface area contributed by atoms with Crippen molar-refractivity contribution in [3.05, 3.63) is 59.4 Å². The molecule has 0 bridgehead atoms. The fourth-order valence-corrected chi connectivity index (χ4v) is 3.11. The summed E-state index contributed by atoms with van der Waals surface area (Å²) in [4.78, 5) is 0.0705. The lowest BCUT2D eigenvalue weighted by Crippen LogP contribution is -2.26. The quantitative estimate of drug-likeness (QED) is 0.889. The smallest absolute Gasteiger partial charge is 0.240 e. The average molecular weight is 323 g/mol. The van der Waals surface area contributed by atoms with E-state index in [1.54, 1.807) is 7.11 Å². The Hall–Kier alpha value is -1.92. The molecular weight excluding hydrogens is 305 g/mol. The number of ether oxygens (including phenoxy) is 1. The van der Waals surface area contributed by atoms with E-state index in [9.17, 15) is 12.8 Å². The summed E-state index contributed by atoms with van der Waals surface area (Å²) >= 11 is 0. The average Bonchev–Trinajstić information content (AvgIpc) is 2.50. The van der Waals surface area contributed by atoms with Gasteiger partial charge in [0, 0.05) is 6.54 Å². The van der Waals surface area contributed by atoms with Crippen LogP contribution in [0.4, 0.5) is 4.39 Å². The summed E-state index contributed by atoms with van der Waals surface area (Å²) in [6.45, 7) is 1.80. The fourth-order valence-electron chi connectivity index (χ4n) is 1.99. The van der Waals surface area contributed by atoms with E-state index >= 15 is 0 Å². The minimum absolute atomic E-state index is 0.0705. The molecule has 22 heavy (non-hydrogen) atoms. The Morgan fingerprint density at radius 2 is 1.82 bits per heavy atom. The molecule has 118 valence electrons. The SMILES string of the molecule is COc1ccc(CCNS(=O)(=O)c2ccc(F)c(C)c2)cc1. The van der Waals surface area contributed by atoms with Crippen LogP contribution < -0.4 is 9.46 Å². The van der Waals surface area contributed by atoms with Crippen LogP contribution in [0.3, 0.4) is 0 Å². The Morgan fingerprint density at radius 3 is 2.41 bits per heavy atom. The number of rotatable bonds is 6. The highest BCUT2D eigenvalue weighted by atomic mass is 32.2. The van der Waals surface area contributed by atoms with Crippen LogP contribution in [0.1, 0.15) is 11.1 Å². The minimum atomic E-state index is -3.62. The number of halogens is 1. The first-order chi connectivity index (χ1) is 10.4. The predicted molar refractivity (Wildman–Crippen MR) is 83.0 cm³/mol. The Kier molecular flexibility index (Phi) is 5.15. The lowest BCUT2D eigenvalue weighted by molar-refractivity contribution is 0.414. The van der Waals surface area contributed by atoms with E-state index < -0.39 is 15.8 Å². The van der Waals surface area contributed by atoms with Crippen LogP contribution in [0, 0.1) is 12.7 Å². The van der Waals surface area contributed by atoms with Crippen LogP contribution >= 0.6 is 0 Å². The van der Waals surface area contributed by atoms with Crippen molar-refractivity contribution in [2.45, 2.75) is 18.2 Å². The number of hydrogen-bond donors (Lipinski definition) is 1. The predicted octanol–water partition coefficient (Wildman–Crippen LogP) is 2.66. The molecule has 0 fully saturated rings. The molecule has 0 aromatic heterocycles. The molecule has 0 aliphatic carbocycles. The van der Waals surface area contributed by atoms with Crippen LogP contribution in [0.15, 0.2) is 47.4 Å².